The van der Waals surface area contributed by atoms with Gasteiger partial charge in [0.15, 0.2) is 11.5 Å². The highest BCUT2D eigenvalue weighted by atomic mass is 35.5. The summed E-state index contributed by atoms with van der Waals surface area (Å²) in [5, 5.41) is 10.2. The Labute approximate surface area is 165 Å². The number of hydrogen-bond donors (Lipinski definition) is 2. The average molecular weight is 402 g/mol. The molecular formula is C19H17ClFN5O2. The molecule has 1 heterocycles. The quantitative estimate of drug-likeness (QED) is 0.467. The van der Waals surface area contributed by atoms with Gasteiger partial charge in [-0.2, -0.15) is 0 Å². The summed E-state index contributed by atoms with van der Waals surface area (Å²) in [6.45, 7) is 0.0901. The van der Waals surface area contributed by atoms with Crippen molar-refractivity contribution in [1.29, 1.82) is 0 Å². The second-order valence-electron chi connectivity index (χ2n) is 5.92. The maximum atomic E-state index is 13.2. The number of aromatic nitrogens is 2. The predicted octanol–water partition coefficient (Wildman–Crippen LogP) is 3.15. The molecule has 0 aliphatic carbocycles. The summed E-state index contributed by atoms with van der Waals surface area (Å²) in [6.07, 6.45) is 0.966. The van der Waals surface area contributed by atoms with Crippen LogP contribution in [0.1, 0.15) is 23.4 Å². The first-order valence-electron chi connectivity index (χ1n) is 8.44. The van der Waals surface area contributed by atoms with Crippen LogP contribution in [-0.4, -0.2) is 22.1 Å². The Hall–Kier alpha value is -3.26. The van der Waals surface area contributed by atoms with Gasteiger partial charge in [0.25, 0.3) is 0 Å². The molecule has 0 saturated carbocycles. The first-order valence-corrected chi connectivity index (χ1v) is 8.82. The van der Waals surface area contributed by atoms with Crippen molar-refractivity contribution >= 4 is 29.0 Å². The molecule has 1 amide bonds. The van der Waals surface area contributed by atoms with Crippen molar-refractivity contribution < 1.29 is 13.8 Å². The summed E-state index contributed by atoms with van der Waals surface area (Å²) in [5.41, 5.74) is 7.90. The lowest BCUT2D eigenvalue weighted by Crippen LogP contribution is -2.25. The van der Waals surface area contributed by atoms with Crippen molar-refractivity contribution in [1.82, 2.24) is 15.6 Å². The van der Waals surface area contributed by atoms with Crippen LogP contribution in [0.5, 0.6) is 0 Å². The average Bonchev–Trinajstić information content (AvgIpc) is 3.17. The fourth-order valence-corrected chi connectivity index (χ4v) is 2.61. The van der Waals surface area contributed by atoms with Crippen molar-refractivity contribution in [3.05, 3.63) is 76.3 Å². The zero-order valence-corrected chi connectivity index (χ0v) is 15.5. The van der Waals surface area contributed by atoms with E-state index in [2.05, 4.69) is 20.6 Å². The number of nitrogens with one attached hydrogen (secondary N) is 1. The van der Waals surface area contributed by atoms with Crippen LogP contribution in [0, 0.1) is 5.82 Å². The van der Waals surface area contributed by atoms with E-state index in [0.29, 0.717) is 24.2 Å². The van der Waals surface area contributed by atoms with E-state index in [-0.39, 0.29) is 29.0 Å². The van der Waals surface area contributed by atoms with Crippen molar-refractivity contribution in [3.8, 4) is 0 Å². The SMILES string of the molecule is NC(=Nc1ccc(F)c(Cl)c1)c1nonc1CNC(=O)CCc1ccccc1. The molecule has 0 saturated heterocycles. The number of hydrogen-bond acceptors (Lipinski definition) is 5. The van der Waals surface area contributed by atoms with E-state index in [1.807, 2.05) is 30.3 Å². The molecule has 3 aromatic rings. The van der Waals surface area contributed by atoms with Gasteiger partial charge in [-0.1, -0.05) is 47.1 Å². The summed E-state index contributed by atoms with van der Waals surface area (Å²) >= 11 is 5.73. The van der Waals surface area contributed by atoms with E-state index >= 15 is 0 Å². The first kappa shape index (κ1) is 19.5. The zero-order chi connectivity index (χ0) is 19.9. The second kappa shape index (κ2) is 9.09. The Balaban J connectivity index is 1.60. The van der Waals surface area contributed by atoms with Gasteiger partial charge in [0.2, 0.25) is 5.91 Å². The number of rotatable bonds is 7. The normalized spacial score (nSPS) is 11.4. The second-order valence-corrected chi connectivity index (χ2v) is 6.32. The van der Waals surface area contributed by atoms with Crippen molar-refractivity contribution in [2.24, 2.45) is 10.7 Å². The van der Waals surface area contributed by atoms with Gasteiger partial charge in [-0.3, -0.25) is 4.79 Å². The number of carbonyl (C=O) groups is 1. The largest absolute Gasteiger partial charge is 0.382 e. The van der Waals surface area contributed by atoms with Crippen molar-refractivity contribution in [2.75, 3.05) is 0 Å². The third-order valence-electron chi connectivity index (χ3n) is 3.89. The molecule has 2 aromatic carbocycles. The molecule has 0 aliphatic heterocycles. The van der Waals surface area contributed by atoms with Gasteiger partial charge >= 0.3 is 0 Å². The van der Waals surface area contributed by atoms with E-state index in [1.54, 1.807) is 0 Å². The monoisotopic (exact) mass is 401 g/mol. The van der Waals surface area contributed by atoms with Gasteiger partial charge in [-0.25, -0.2) is 14.0 Å². The molecule has 0 aliphatic rings. The van der Waals surface area contributed by atoms with Crippen molar-refractivity contribution in [3.63, 3.8) is 0 Å². The van der Waals surface area contributed by atoms with Crippen molar-refractivity contribution in [2.45, 2.75) is 19.4 Å². The van der Waals surface area contributed by atoms with E-state index in [1.165, 1.54) is 18.2 Å². The molecule has 28 heavy (non-hydrogen) atoms. The highest BCUT2D eigenvalue weighted by Crippen LogP contribution is 2.22. The van der Waals surface area contributed by atoms with Gasteiger partial charge < -0.3 is 11.1 Å². The number of carbonyl (C=O) groups excluding carboxylic acids is 1. The summed E-state index contributed by atoms with van der Waals surface area (Å²) in [7, 11) is 0. The highest BCUT2D eigenvalue weighted by molar-refractivity contribution is 6.31. The first-order chi connectivity index (χ1) is 13.5. The van der Waals surface area contributed by atoms with Crippen LogP contribution in [0.15, 0.2) is 58.2 Å². The van der Waals surface area contributed by atoms with Crippen LogP contribution in [0.3, 0.4) is 0 Å². The minimum absolute atomic E-state index is 0.0115. The van der Waals surface area contributed by atoms with Crippen LogP contribution in [0.25, 0.3) is 0 Å². The van der Waals surface area contributed by atoms with Crippen LogP contribution >= 0.6 is 11.6 Å². The van der Waals surface area contributed by atoms with E-state index in [9.17, 15) is 9.18 Å². The number of aliphatic imine (C=N–C) groups is 1. The molecule has 3 N–H and O–H groups in total. The molecule has 3 rings (SSSR count). The zero-order valence-electron chi connectivity index (χ0n) is 14.7. The fourth-order valence-electron chi connectivity index (χ4n) is 2.44. The van der Waals surface area contributed by atoms with Gasteiger partial charge in [-0.15, -0.1) is 0 Å². The highest BCUT2D eigenvalue weighted by Gasteiger charge is 2.15. The number of halogens is 2. The summed E-state index contributed by atoms with van der Waals surface area (Å²) in [5.74, 6) is -0.683. The Morgan fingerprint density at radius 1 is 1.21 bits per heavy atom. The Morgan fingerprint density at radius 3 is 2.75 bits per heavy atom. The molecule has 0 atom stereocenters. The Kier molecular flexibility index (Phi) is 6.33. The van der Waals surface area contributed by atoms with E-state index < -0.39 is 5.82 Å². The molecule has 1 aromatic heterocycles. The van der Waals surface area contributed by atoms with Crippen LogP contribution in [-0.2, 0) is 17.8 Å². The lowest BCUT2D eigenvalue weighted by atomic mass is 10.1. The topological polar surface area (TPSA) is 106 Å². The maximum absolute atomic E-state index is 13.2. The predicted molar refractivity (Wildman–Crippen MR) is 103 cm³/mol. The Bertz CT molecular complexity index is 991. The molecule has 7 nitrogen and oxygen atoms in total. The fraction of sp³-hybridized carbons (Fsp3) is 0.158. The number of amides is 1. The summed E-state index contributed by atoms with van der Waals surface area (Å²) in [6, 6.07) is 13.7. The number of amidine groups is 1. The van der Waals surface area contributed by atoms with Gasteiger partial charge in [0, 0.05) is 6.42 Å². The van der Waals surface area contributed by atoms with E-state index in [0.717, 1.165) is 5.56 Å². The van der Waals surface area contributed by atoms with Gasteiger partial charge in [0.1, 0.15) is 11.5 Å². The molecule has 0 spiro atoms. The van der Waals surface area contributed by atoms with Crippen LogP contribution < -0.4 is 11.1 Å². The molecule has 0 bridgehead atoms. The summed E-state index contributed by atoms with van der Waals surface area (Å²) < 4.78 is 17.9. The maximum Gasteiger partial charge on any atom is 0.220 e. The van der Waals surface area contributed by atoms with E-state index in [4.69, 9.17) is 22.0 Å². The minimum atomic E-state index is -0.554. The van der Waals surface area contributed by atoms with Gasteiger partial charge in [-0.05, 0) is 35.3 Å². The number of nitrogens with two attached hydrogens (primary N) is 1. The Morgan fingerprint density at radius 2 is 2.00 bits per heavy atom. The summed E-state index contributed by atoms with van der Waals surface area (Å²) in [4.78, 5) is 16.2. The molecule has 0 radical (unpaired) electrons. The van der Waals surface area contributed by atoms with Gasteiger partial charge in [0.05, 0.1) is 17.3 Å². The van der Waals surface area contributed by atoms with Crippen LogP contribution in [0.2, 0.25) is 5.02 Å². The molecule has 144 valence electrons. The molecule has 0 fully saturated rings. The standard InChI is InChI=1S/C19H17ClFN5O2/c20-14-10-13(7-8-15(14)21)24-19(22)18-16(25-28-26-18)11-23-17(27)9-6-12-4-2-1-3-5-12/h1-5,7-8,10H,6,9,11H2,(H2,22,24)(H,23,27). The smallest absolute Gasteiger partial charge is 0.220 e. The number of benzene rings is 2. The molecule has 9 heteroatoms. The van der Waals surface area contributed by atoms with Crippen LogP contribution in [0.4, 0.5) is 10.1 Å². The minimum Gasteiger partial charge on any atom is -0.382 e. The molecular weight excluding hydrogens is 385 g/mol. The third-order valence-corrected chi connectivity index (χ3v) is 4.18. The third kappa shape index (κ3) is 5.14. The number of aryl methyl sites for hydroxylation is 1. The number of nitrogens with zero attached hydrogens (tertiary/aromatic N) is 3. The molecule has 0 unspecified atom stereocenters. The lowest BCUT2D eigenvalue weighted by Gasteiger charge is -2.04. The lowest BCUT2D eigenvalue weighted by molar-refractivity contribution is -0.121.